The number of likely N-dealkylation sites (tertiary alicyclic amines) is 2. The largest absolute Gasteiger partial charge is 0.361 e. The molecular weight excluding hydrogens is 368 g/mol. The summed E-state index contributed by atoms with van der Waals surface area (Å²) in [6.07, 6.45) is 5.24. The number of rotatable bonds is 7. The molecule has 1 unspecified atom stereocenters. The van der Waals surface area contributed by atoms with Crippen molar-refractivity contribution in [3.8, 4) is 0 Å². The van der Waals surface area contributed by atoms with Gasteiger partial charge in [-0.25, -0.2) is 0 Å². The first-order valence-electron chi connectivity index (χ1n) is 10.5. The number of piperidine rings is 1. The number of hydrogen-bond donors (Lipinski definition) is 2. The molecule has 154 valence electrons. The maximum atomic E-state index is 12.7. The van der Waals surface area contributed by atoms with E-state index in [1.165, 1.54) is 0 Å². The van der Waals surface area contributed by atoms with Gasteiger partial charge in [-0.15, -0.1) is 0 Å². The highest BCUT2D eigenvalue weighted by atomic mass is 16.2. The monoisotopic (exact) mass is 396 g/mol. The zero-order valence-electron chi connectivity index (χ0n) is 16.7. The summed E-state index contributed by atoms with van der Waals surface area (Å²) in [7, 11) is 0. The lowest BCUT2D eigenvalue weighted by Gasteiger charge is -2.32. The first-order valence-corrected chi connectivity index (χ1v) is 10.5. The van der Waals surface area contributed by atoms with Crippen LogP contribution in [0.4, 0.5) is 0 Å². The van der Waals surface area contributed by atoms with Crippen molar-refractivity contribution in [1.29, 1.82) is 0 Å². The minimum Gasteiger partial charge on any atom is -0.361 e. The Balaban J connectivity index is 1.27. The number of carbonyl (C=O) groups is 3. The van der Waals surface area contributed by atoms with Crippen LogP contribution in [0.2, 0.25) is 0 Å². The summed E-state index contributed by atoms with van der Waals surface area (Å²) in [5.41, 5.74) is 2.14. The standard InChI is InChI=1S/C22H28N4O3/c27-20-6-2-11-25(20)12-3-13-26-15-17(7-8-21(26)28)22(29)24-14-16-4-1-5-19-18(16)9-10-23-19/h1,4-5,9-10,17,23H,2-3,6-8,11-15H2,(H,24,29). The van der Waals surface area contributed by atoms with Crippen LogP contribution in [0.1, 0.15) is 37.7 Å². The van der Waals surface area contributed by atoms with Crippen molar-refractivity contribution in [3.05, 3.63) is 36.0 Å². The number of amides is 3. The van der Waals surface area contributed by atoms with Gasteiger partial charge >= 0.3 is 0 Å². The fourth-order valence-corrected chi connectivity index (χ4v) is 4.37. The molecule has 2 fully saturated rings. The van der Waals surface area contributed by atoms with E-state index in [1.807, 2.05) is 35.4 Å². The zero-order valence-corrected chi connectivity index (χ0v) is 16.7. The van der Waals surface area contributed by atoms with Crippen molar-refractivity contribution in [3.63, 3.8) is 0 Å². The lowest BCUT2D eigenvalue weighted by atomic mass is 9.96. The lowest BCUT2D eigenvalue weighted by molar-refractivity contribution is -0.138. The molecule has 2 aliphatic rings. The van der Waals surface area contributed by atoms with E-state index >= 15 is 0 Å². The Morgan fingerprint density at radius 2 is 1.93 bits per heavy atom. The predicted octanol–water partition coefficient (Wildman–Crippen LogP) is 2.04. The van der Waals surface area contributed by atoms with Crippen molar-refractivity contribution < 1.29 is 14.4 Å². The van der Waals surface area contributed by atoms with E-state index in [0.29, 0.717) is 45.4 Å². The third-order valence-electron chi connectivity index (χ3n) is 6.04. The molecule has 1 aromatic carbocycles. The van der Waals surface area contributed by atoms with Crippen molar-refractivity contribution in [2.75, 3.05) is 26.2 Å². The number of nitrogens with zero attached hydrogens (tertiary/aromatic N) is 2. The average Bonchev–Trinajstić information content (AvgIpc) is 3.36. The van der Waals surface area contributed by atoms with E-state index in [4.69, 9.17) is 0 Å². The summed E-state index contributed by atoms with van der Waals surface area (Å²) in [5, 5.41) is 4.16. The molecule has 1 aromatic heterocycles. The first-order chi connectivity index (χ1) is 14.1. The van der Waals surface area contributed by atoms with E-state index in [0.717, 1.165) is 35.9 Å². The van der Waals surface area contributed by atoms with Gasteiger partial charge in [-0.2, -0.15) is 0 Å². The highest BCUT2D eigenvalue weighted by Crippen LogP contribution is 2.20. The Kier molecular flexibility index (Phi) is 5.83. The van der Waals surface area contributed by atoms with Gasteiger partial charge in [-0.05, 0) is 37.0 Å². The topological polar surface area (TPSA) is 85.5 Å². The number of fused-ring (bicyclic) bond motifs is 1. The van der Waals surface area contributed by atoms with Crippen LogP contribution in [0.25, 0.3) is 10.9 Å². The van der Waals surface area contributed by atoms with Crippen LogP contribution in [0.5, 0.6) is 0 Å². The number of benzene rings is 1. The zero-order chi connectivity index (χ0) is 20.2. The highest BCUT2D eigenvalue weighted by molar-refractivity contribution is 5.85. The van der Waals surface area contributed by atoms with E-state index in [1.54, 1.807) is 4.90 Å². The van der Waals surface area contributed by atoms with Gasteiger partial charge < -0.3 is 20.1 Å². The molecule has 3 heterocycles. The quantitative estimate of drug-likeness (QED) is 0.751. The molecule has 0 bridgehead atoms. The lowest BCUT2D eigenvalue weighted by Crippen LogP contribution is -2.46. The van der Waals surface area contributed by atoms with Gasteiger partial charge in [0.2, 0.25) is 17.7 Å². The molecule has 0 spiro atoms. The molecule has 2 aliphatic heterocycles. The number of aromatic amines is 1. The number of hydrogen-bond acceptors (Lipinski definition) is 3. The highest BCUT2D eigenvalue weighted by Gasteiger charge is 2.30. The van der Waals surface area contributed by atoms with E-state index in [-0.39, 0.29) is 23.6 Å². The number of aromatic nitrogens is 1. The van der Waals surface area contributed by atoms with Crippen LogP contribution < -0.4 is 5.32 Å². The number of nitrogens with one attached hydrogen (secondary N) is 2. The van der Waals surface area contributed by atoms with Gasteiger partial charge in [0.25, 0.3) is 0 Å². The summed E-state index contributed by atoms with van der Waals surface area (Å²) in [6, 6.07) is 8.03. The van der Waals surface area contributed by atoms with Gasteiger partial charge in [0, 0.05) is 62.7 Å². The van der Waals surface area contributed by atoms with Crippen LogP contribution in [0.15, 0.2) is 30.5 Å². The number of H-pyrrole nitrogens is 1. The molecule has 2 saturated heterocycles. The molecule has 29 heavy (non-hydrogen) atoms. The SMILES string of the molecule is O=C(NCc1cccc2[nH]ccc12)C1CCC(=O)N(CCCN2CCCC2=O)C1. The summed E-state index contributed by atoms with van der Waals surface area (Å²) < 4.78 is 0. The molecule has 3 amide bonds. The Morgan fingerprint density at radius 3 is 2.76 bits per heavy atom. The van der Waals surface area contributed by atoms with Crippen LogP contribution in [-0.4, -0.2) is 58.7 Å². The summed E-state index contributed by atoms with van der Waals surface area (Å²) in [4.78, 5) is 43.5. The molecule has 0 saturated carbocycles. The third-order valence-corrected chi connectivity index (χ3v) is 6.04. The molecule has 7 nitrogen and oxygen atoms in total. The van der Waals surface area contributed by atoms with Crippen molar-refractivity contribution in [2.24, 2.45) is 5.92 Å². The number of carbonyl (C=O) groups excluding carboxylic acids is 3. The predicted molar refractivity (Wildman–Crippen MR) is 110 cm³/mol. The molecule has 2 aromatic rings. The second-order valence-electron chi connectivity index (χ2n) is 7.99. The average molecular weight is 396 g/mol. The minimum atomic E-state index is -0.174. The molecule has 7 heteroatoms. The van der Waals surface area contributed by atoms with Crippen molar-refractivity contribution in [1.82, 2.24) is 20.1 Å². The van der Waals surface area contributed by atoms with Gasteiger partial charge in [-0.3, -0.25) is 14.4 Å². The van der Waals surface area contributed by atoms with E-state index in [9.17, 15) is 14.4 Å². The van der Waals surface area contributed by atoms with Crippen LogP contribution >= 0.6 is 0 Å². The van der Waals surface area contributed by atoms with E-state index in [2.05, 4.69) is 10.3 Å². The van der Waals surface area contributed by atoms with Gasteiger partial charge in [-0.1, -0.05) is 12.1 Å². The Morgan fingerprint density at radius 1 is 1.10 bits per heavy atom. The van der Waals surface area contributed by atoms with Crippen molar-refractivity contribution >= 4 is 28.6 Å². The van der Waals surface area contributed by atoms with Crippen LogP contribution in [0, 0.1) is 5.92 Å². The van der Waals surface area contributed by atoms with Crippen molar-refractivity contribution in [2.45, 2.75) is 38.6 Å². The smallest absolute Gasteiger partial charge is 0.225 e. The fourth-order valence-electron chi connectivity index (χ4n) is 4.37. The van der Waals surface area contributed by atoms with Crippen LogP contribution in [0.3, 0.4) is 0 Å². The second-order valence-corrected chi connectivity index (χ2v) is 7.99. The Bertz CT molecular complexity index is 906. The molecule has 2 N–H and O–H groups in total. The fraction of sp³-hybridized carbons (Fsp3) is 0.500. The maximum absolute atomic E-state index is 12.7. The molecule has 0 radical (unpaired) electrons. The maximum Gasteiger partial charge on any atom is 0.225 e. The summed E-state index contributed by atoms with van der Waals surface area (Å²) in [6.45, 7) is 3.07. The second kappa shape index (κ2) is 8.68. The molecule has 0 aliphatic carbocycles. The van der Waals surface area contributed by atoms with Gasteiger partial charge in [0.15, 0.2) is 0 Å². The third kappa shape index (κ3) is 4.44. The Labute approximate surface area is 170 Å². The van der Waals surface area contributed by atoms with E-state index < -0.39 is 0 Å². The summed E-state index contributed by atoms with van der Waals surface area (Å²) in [5.74, 6) is 0.153. The van der Waals surface area contributed by atoms with Crippen LogP contribution in [-0.2, 0) is 20.9 Å². The minimum absolute atomic E-state index is 0.00441. The Hall–Kier alpha value is -2.83. The first kappa shape index (κ1) is 19.5. The molecule has 1 atom stereocenters. The summed E-state index contributed by atoms with van der Waals surface area (Å²) >= 11 is 0. The molecular formula is C22H28N4O3. The van der Waals surface area contributed by atoms with Gasteiger partial charge in [0.05, 0.1) is 5.92 Å². The van der Waals surface area contributed by atoms with Gasteiger partial charge in [0.1, 0.15) is 0 Å². The molecule has 4 rings (SSSR count). The normalized spacial score (nSPS) is 19.9.